The van der Waals surface area contributed by atoms with Crippen LogP contribution < -0.4 is 5.14 Å². The number of ether oxygens (including phenoxy) is 1. The fourth-order valence-electron chi connectivity index (χ4n) is 2.46. The minimum absolute atomic E-state index is 0.0716. The van der Waals surface area contributed by atoms with Gasteiger partial charge in [-0.15, -0.1) is 10.2 Å². The van der Waals surface area contributed by atoms with Gasteiger partial charge in [0.2, 0.25) is 0 Å². The lowest BCUT2D eigenvalue weighted by Crippen LogP contribution is -2.32. The van der Waals surface area contributed by atoms with Crippen molar-refractivity contribution in [3.63, 3.8) is 0 Å². The summed E-state index contributed by atoms with van der Waals surface area (Å²) in [6.07, 6.45) is 3.78. The van der Waals surface area contributed by atoms with Crippen LogP contribution in [0.1, 0.15) is 45.9 Å². The molecule has 2 rings (SSSR count). The first-order valence-corrected chi connectivity index (χ1v) is 8.33. The van der Waals surface area contributed by atoms with Gasteiger partial charge in [-0.3, -0.25) is 4.57 Å². The molecule has 1 fully saturated rings. The van der Waals surface area contributed by atoms with E-state index in [9.17, 15) is 8.42 Å². The maximum Gasteiger partial charge on any atom is 0.273 e. The number of sulfonamides is 1. The van der Waals surface area contributed by atoms with Crippen molar-refractivity contribution in [1.82, 2.24) is 14.8 Å². The van der Waals surface area contributed by atoms with Gasteiger partial charge >= 0.3 is 0 Å². The number of hydrogen-bond acceptors (Lipinski definition) is 5. The maximum absolute atomic E-state index is 11.6. The Morgan fingerprint density at radius 1 is 1.35 bits per heavy atom. The second-order valence-electron chi connectivity index (χ2n) is 6.14. The Kier molecular flexibility index (Phi) is 4.17. The van der Waals surface area contributed by atoms with Gasteiger partial charge in [-0.2, -0.15) is 0 Å². The summed E-state index contributed by atoms with van der Waals surface area (Å²) in [7, 11) is -3.89. The largest absolute Gasteiger partial charge is 0.378 e. The first-order chi connectivity index (χ1) is 9.19. The highest BCUT2D eigenvalue weighted by Gasteiger charge is 2.30. The fraction of sp³-hybridized carbons (Fsp3) is 0.833. The molecule has 1 aromatic heterocycles. The van der Waals surface area contributed by atoms with Crippen molar-refractivity contribution < 1.29 is 13.2 Å². The molecule has 0 aliphatic carbocycles. The van der Waals surface area contributed by atoms with Crippen molar-refractivity contribution in [1.29, 1.82) is 0 Å². The average molecular weight is 302 g/mol. The van der Waals surface area contributed by atoms with Crippen LogP contribution in [0.3, 0.4) is 0 Å². The Hall–Kier alpha value is -0.990. The van der Waals surface area contributed by atoms with Crippen molar-refractivity contribution in [2.24, 2.45) is 5.14 Å². The molecule has 0 saturated carbocycles. The van der Waals surface area contributed by atoms with E-state index >= 15 is 0 Å². The summed E-state index contributed by atoms with van der Waals surface area (Å²) in [5.41, 5.74) is -0.463. The van der Waals surface area contributed by atoms with Gasteiger partial charge in [0.1, 0.15) is 5.82 Å². The van der Waals surface area contributed by atoms with E-state index in [2.05, 4.69) is 10.2 Å². The van der Waals surface area contributed by atoms with Gasteiger partial charge in [0.15, 0.2) is 0 Å². The Bertz CT molecular complexity index is 568. The molecule has 8 heteroatoms. The number of nitrogens with two attached hydrogens (primary N) is 1. The first kappa shape index (κ1) is 15.4. The number of hydrogen-bond donors (Lipinski definition) is 1. The lowest BCUT2D eigenvalue weighted by atomic mass is 10.0. The Labute approximate surface area is 119 Å². The summed E-state index contributed by atoms with van der Waals surface area (Å²) in [6, 6.07) is 0. The number of primary sulfonamides is 1. The van der Waals surface area contributed by atoms with Gasteiger partial charge in [-0.05, 0) is 40.0 Å². The number of aromatic nitrogens is 3. The van der Waals surface area contributed by atoms with E-state index in [1.807, 2.05) is 20.8 Å². The zero-order valence-electron chi connectivity index (χ0n) is 12.2. The molecule has 7 nitrogen and oxygen atoms in total. The van der Waals surface area contributed by atoms with E-state index in [0.717, 1.165) is 25.9 Å². The maximum atomic E-state index is 11.6. The Morgan fingerprint density at radius 3 is 2.55 bits per heavy atom. The zero-order chi connectivity index (χ0) is 15.0. The molecule has 114 valence electrons. The van der Waals surface area contributed by atoms with Crippen LogP contribution in [0.25, 0.3) is 0 Å². The molecule has 0 radical (unpaired) electrons. The Balaban J connectivity index is 2.36. The van der Waals surface area contributed by atoms with Gasteiger partial charge in [-0.1, -0.05) is 0 Å². The van der Waals surface area contributed by atoms with Gasteiger partial charge in [-0.25, -0.2) is 13.6 Å². The third-order valence-electron chi connectivity index (χ3n) is 3.31. The summed E-state index contributed by atoms with van der Waals surface area (Å²) >= 11 is 0. The summed E-state index contributed by atoms with van der Waals surface area (Å²) in [5, 5.41) is 12.8. The molecule has 2 N–H and O–H groups in total. The van der Waals surface area contributed by atoms with E-state index < -0.39 is 15.6 Å². The lowest BCUT2D eigenvalue weighted by molar-refractivity contribution is 0.0145. The van der Waals surface area contributed by atoms with Crippen LogP contribution in [0.4, 0.5) is 0 Å². The summed E-state index contributed by atoms with van der Waals surface area (Å²) in [4.78, 5) is 0. The van der Waals surface area contributed by atoms with Gasteiger partial charge < -0.3 is 4.74 Å². The minimum atomic E-state index is -3.89. The van der Waals surface area contributed by atoms with Crippen LogP contribution in [0.15, 0.2) is 5.16 Å². The highest BCUT2D eigenvalue weighted by atomic mass is 32.2. The van der Waals surface area contributed by atoms with E-state index in [1.165, 1.54) is 0 Å². The molecule has 1 unspecified atom stereocenters. The van der Waals surface area contributed by atoms with Crippen LogP contribution in [0.2, 0.25) is 0 Å². The number of nitrogens with zero attached hydrogens (tertiary/aromatic N) is 3. The molecule has 2 heterocycles. The molecule has 0 bridgehead atoms. The monoisotopic (exact) mass is 302 g/mol. The molecule has 1 aromatic rings. The van der Waals surface area contributed by atoms with Crippen molar-refractivity contribution in [3.05, 3.63) is 5.82 Å². The highest BCUT2D eigenvalue weighted by Crippen LogP contribution is 2.24. The fourth-order valence-corrected chi connectivity index (χ4v) is 3.25. The molecule has 20 heavy (non-hydrogen) atoms. The number of rotatable bonds is 3. The molecular weight excluding hydrogens is 280 g/mol. The highest BCUT2D eigenvalue weighted by molar-refractivity contribution is 7.89. The standard InChI is InChI=1S/C12H22N4O3S/c1-12(2,3)16-10(8-9-6-4-5-7-19-9)14-15-11(16)20(13,17)18/h9H,4-8H2,1-3H3,(H2,13,17,18). The molecule has 1 saturated heterocycles. The molecular formula is C12H22N4O3S. The van der Waals surface area contributed by atoms with Gasteiger partial charge in [0.25, 0.3) is 15.2 Å². The molecule has 0 amide bonds. The van der Waals surface area contributed by atoms with Crippen LogP contribution in [0, 0.1) is 0 Å². The second-order valence-corrected chi connectivity index (χ2v) is 7.60. The predicted molar refractivity (Wildman–Crippen MR) is 73.7 cm³/mol. The van der Waals surface area contributed by atoms with E-state index in [-0.39, 0.29) is 11.3 Å². The van der Waals surface area contributed by atoms with Gasteiger partial charge in [0.05, 0.1) is 6.10 Å². The van der Waals surface area contributed by atoms with Crippen molar-refractivity contribution in [3.8, 4) is 0 Å². The van der Waals surface area contributed by atoms with E-state index in [1.54, 1.807) is 4.57 Å². The smallest absolute Gasteiger partial charge is 0.273 e. The third-order valence-corrected chi connectivity index (χ3v) is 4.08. The molecule has 0 spiro atoms. The second kappa shape index (κ2) is 5.42. The summed E-state index contributed by atoms with van der Waals surface area (Å²) < 4.78 is 30.5. The Morgan fingerprint density at radius 2 is 2.05 bits per heavy atom. The molecule has 1 aliphatic rings. The summed E-state index contributed by atoms with van der Waals surface area (Å²) in [6.45, 7) is 6.44. The van der Waals surface area contributed by atoms with Crippen LogP contribution in [0.5, 0.6) is 0 Å². The van der Waals surface area contributed by atoms with Crippen molar-refractivity contribution in [2.45, 2.75) is 63.3 Å². The average Bonchev–Trinajstić information content (AvgIpc) is 2.73. The lowest BCUT2D eigenvalue weighted by Gasteiger charge is -2.27. The molecule has 1 atom stereocenters. The third kappa shape index (κ3) is 3.36. The zero-order valence-corrected chi connectivity index (χ0v) is 13.0. The summed E-state index contributed by atoms with van der Waals surface area (Å²) in [5.74, 6) is 0.605. The normalized spacial score (nSPS) is 21.1. The SMILES string of the molecule is CC(C)(C)n1c(CC2CCCCO2)nnc1S(N)(=O)=O. The van der Waals surface area contributed by atoms with Crippen LogP contribution >= 0.6 is 0 Å². The van der Waals surface area contributed by atoms with Crippen molar-refractivity contribution >= 4 is 10.0 Å². The van der Waals surface area contributed by atoms with E-state index in [0.29, 0.717) is 12.2 Å². The van der Waals surface area contributed by atoms with Crippen LogP contribution in [-0.4, -0.2) is 35.9 Å². The van der Waals surface area contributed by atoms with Gasteiger partial charge in [0, 0.05) is 18.6 Å². The minimum Gasteiger partial charge on any atom is -0.378 e. The van der Waals surface area contributed by atoms with E-state index in [4.69, 9.17) is 9.88 Å². The predicted octanol–water partition coefficient (Wildman–Crippen LogP) is 0.792. The van der Waals surface area contributed by atoms with Crippen molar-refractivity contribution in [2.75, 3.05) is 6.61 Å². The molecule has 0 aromatic carbocycles. The molecule has 1 aliphatic heterocycles. The van der Waals surface area contributed by atoms with Crippen LogP contribution in [-0.2, 0) is 26.7 Å². The first-order valence-electron chi connectivity index (χ1n) is 6.79. The quantitative estimate of drug-likeness (QED) is 0.889. The topological polar surface area (TPSA) is 100 Å².